The predicted octanol–water partition coefficient (Wildman–Crippen LogP) is 5.17. The molecule has 1 aliphatic heterocycles. The number of fused-ring (bicyclic) bond motifs is 1. The monoisotopic (exact) mass is 418 g/mol. The van der Waals surface area contributed by atoms with Crippen LogP contribution in [0.4, 0.5) is 23.7 Å². The minimum atomic E-state index is -3.12. The Kier molecular flexibility index (Phi) is 5.52. The molecule has 158 valence electrons. The zero-order valence-electron chi connectivity index (χ0n) is 16.3. The van der Waals surface area contributed by atoms with E-state index >= 15 is 0 Å². The first-order valence-electron chi connectivity index (χ1n) is 9.75. The van der Waals surface area contributed by atoms with Crippen LogP contribution in [0.1, 0.15) is 31.6 Å². The average Bonchev–Trinajstić information content (AvgIpc) is 3.33. The Bertz CT molecular complexity index is 1070. The van der Waals surface area contributed by atoms with Gasteiger partial charge in [0.1, 0.15) is 5.82 Å². The molecule has 0 spiro atoms. The number of urea groups is 1. The molecule has 4 rings (SSSR count). The number of carbonyl (C=O) groups excluding carboxylic acids is 1. The molecule has 0 bridgehead atoms. The van der Waals surface area contributed by atoms with Crippen molar-refractivity contribution in [1.29, 1.82) is 0 Å². The van der Waals surface area contributed by atoms with Gasteiger partial charge in [-0.15, -0.1) is 0 Å². The summed E-state index contributed by atoms with van der Waals surface area (Å²) in [6.07, 6.45) is 1.59. The topological polar surface area (TPSA) is 59.4 Å². The van der Waals surface area contributed by atoms with Crippen molar-refractivity contribution < 1.29 is 22.7 Å². The molecule has 1 aliphatic rings. The number of carbonyl (C=O) groups is 1. The van der Waals surface area contributed by atoms with Gasteiger partial charge in [0.05, 0.1) is 17.1 Å². The van der Waals surface area contributed by atoms with Crippen LogP contribution in [0.5, 0.6) is 5.75 Å². The van der Waals surface area contributed by atoms with Gasteiger partial charge in [-0.05, 0) is 44.0 Å². The predicted molar refractivity (Wildman–Crippen MR) is 106 cm³/mol. The van der Waals surface area contributed by atoms with E-state index in [1.165, 1.54) is 6.07 Å². The Morgan fingerprint density at radius 2 is 2.10 bits per heavy atom. The maximum Gasteiger partial charge on any atom is 0.387 e. The lowest BCUT2D eigenvalue weighted by molar-refractivity contribution is -0.0521. The van der Waals surface area contributed by atoms with E-state index in [2.05, 4.69) is 14.6 Å². The molecule has 1 saturated heterocycles. The van der Waals surface area contributed by atoms with Gasteiger partial charge in [-0.3, -0.25) is 0 Å². The quantitative estimate of drug-likeness (QED) is 0.622. The summed E-state index contributed by atoms with van der Waals surface area (Å²) in [4.78, 5) is 19.3. The third-order valence-electron chi connectivity index (χ3n) is 5.21. The SMILES string of the molecule is CCn1c(C2CCCN2C(=O)Nc2ccc(OC(F)F)c(F)c2)nc2ccccc21. The molecule has 9 heteroatoms. The smallest absolute Gasteiger partial charge is 0.387 e. The summed E-state index contributed by atoms with van der Waals surface area (Å²) in [7, 11) is 0. The number of aromatic nitrogens is 2. The number of halogens is 3. The fourth-order valence-corrected chi connectivity index (χ4v) is 3.92. The Balaban J connectivity index is 1.55. The summed E-state index contributed by atoms with van der Waals surface area (Å²) in [5.41, 5.74) is 2.05. The van der Waals surface area contributed by atoms with Crippen molar-refractivity contribution in [2.45, 2.75) is 39.0 Å². The van der Waals surface area contributed by atoms with Crippen molar-refractivity contribution in [3.63, 3.8) is 0 Å². The average molecular weight is 418 g/mol. The fraction of sp³-hybridized carbons (Fsp3) is 0.333. The summed E-state index contributed by atoms with van der Waals surface area (Å²) in [6, 6.07) is 10.6. The van der Waals surface area contributed by atoms with Crippen molar-refractivity contribution in [2.75, 3.05) is 11.9 Å². The van der Waals surface area contributed by atoms with Gasteiger partial charge in [0.15, 0.2) is 11.6 Å². The zero-order chi connectivity index (χ0) is 21.3. The van der Waals surface area contributed by atoms with Crippen LogP contribution in [0.25, 0.3) is 11.0 Å². The van der Waals surface area contributed by atoms with E-state index in [9.17, 15) is 18.0 Å². The fourth-order valence-electron chi connectivity index (χ4n) is 3.92. The Hall–Kier alpha value is -3.23. The summed E-state index contributed by atoms with van der Waals surface area (Å²) < 4.78 is 44.7. The maximum absolute atomic E-state index is 14.0. The standard InChI is InChI=1S/C21H21F3N4O2/c1-2-27-16-7-4-3-6-15(16)26-19(27)17-8-5-11-28(17)21(29)25-13-9-10-18(14(22)12-13)30-20(23)24/h3-4,6-7,9-10,12,17,20H,2,5,8,11H2,1H3,(H,25,29). The van der Waals surface area contributed by atoms with Crippen molar-refractivity contribution in [2.24, 2.45) is 0 Å². The third-order valence-corrected chi connectivity index (χ3v) is 5.21. The number of nitrogens with one attached hydrogen (secondary N) is 1. The lowest BCUT2D eigenvalue weighted by atomic mass is 10.2. The molecular weight excluding hydrogens is 397 g/mol. The highest BCUT2D eigenvalue weighted by atomic mass is 19.3. The first-order chi connectivity index (χ1) is 14.5. The number of likely N-dealkylation sites (tertiary alicyclic amines) is 1. The van der Waals surface area contributed by atoms with Crippen LogP contribution in [0, 0.1) is 5.82 Å². The molecule has 3 aromatic rings. The third kappa shape index (κ3) is 3.79. The number of imidazole rings is 1. The van der Waals surface area contributed by atoms with Crippen LogP contribution >= 0.6 is 0 Å². The molecule has 2 amide bonds. The van der Waals surface area contributed by atoms with Crippen LogP contribution in [0.2, 0.25) is 0 Å². The molecule has 0 radical (unpaired) electrons. The lowest BCUT2D eigenvalue weighted by Gasteiger charge is -2.25. The molecule has 6 nitrogen and oxygen atoms in total. The molecule has 1 atom stereocenters. The van der Waals surface area contributed by atoms with Gasteiger partial charge >= 0.3 is 12.6 Å². The number of aryl methyl sites for hydroxylation is 1. The number of anilines is 1. The maximum atomic E-state index is 14.0. The molecule has 0 saturated carbocycles. The van der Waals surface area contributed by atoms with Gasteiger partial charge in [0.25, 0.3) is 0 Å². The van der Waals surface area contributed by atoms with Crippen molar-refractivity contribution in [3.05, 3.63) is 54.1 Å². The first kappa shape index (κ1) is 20.1. The van der Waals surface area contributed by atoms with E-state index < -0.39 is 24.2 Å². The van der Waals surface area contributed by atoms with E-state index in [1.807, 2.05) is 31.2 Å². The molecule has 2 heterocycles. The normalized spacial score (nSPS) is 16.4. The first-order valence-corrected chi connectivity index (χ1v) is 9.75. The highest BCUT2D eigenvalue weighted by molar-refractivity contribution is 5.90. The molecule has 2 aromatic carbocycles. The van der Waals surface area contributed by atoms with Crippen molar-refractivity contribution in [3.8, 4) is 5.75 Å². The molecule has 1 fully saturated rings. The summed E-state index contributed by atoms with van der Waals surface area (Å²) in [5.74, 6) is -0.726. The zero-order valence-corrected chi connectivity index (χ0v) is 16.3. The Morgan fingerprint density at radius 3 is 2.83 bits per heavy atom. The van der Waals surface area contributed by atoms with Crippen LogP contribution < -0.4 is 10.1 Å². The number of benzene rings is 2. The number of rotatable bonds is 5. The minimum absolute atomic E-state index is 0.161. The molecule has 1 unspecified atom stereocenters. The molecule has 30 heavy (non-hydrogen) atoms. The van der Waals surface area contributed by atoms with E-state index in [1.54, 1.807) is 4.90 Å². The summed E-state index contributed by atoms with van der Waals surface area (Å²) >= 11 is 0. The van der Waals surface area contributed by atoms with E-state index in [0.29, 0.717) is 6.54 Å². The summed E-state index contributed by atoms with van der Waals surface area (Å²) in [5, 5.41) is 2.64. The van der Waals surface area contributed by atoms with E-state index in [-0.39, 0.29) is 11.7 Å². The van der Waals surface area contributed by atoms with E-state index in [4.69, 9.17) is 4.98 Å². The number of hydrogen-bond acceptors (Lipinski definition) is 3. The second-order valence-electron chi connectivity index (χ2n) is 7.01. The number of para-hydroxylation sites is 2. The number of alkyl halides is 2. The van der Waals surface area contributed by atoms with Crippen LogP contribution in [-0.2, 0) is 6.54 Å². The van der Waals surface area contributed by atoms with Crippen molar-refractivity contribution in [1.82, 2.24) is 14.5 Å². The van der Waals surface area contributed by atoms with Gasteiger partial charge in [-0.1, -0.05) is 12.1 Å². The second-order valence-corrected chi connectivity index (χ2v) is 7.01. The highest BCUT2D eigenvalue weighted by Gasteiger charge is 2.33. The van der Waals surface area contributed by atoms with Crippen LogP contribution in [0.15, 0.2) is 42.5 Å². The molecule has 0 aliphatic carbocycles. The Morgan fingerprint density at radius 1 is 1.30 bits per heavy atom. The number of nitrogens with zero attached hydrogens (tertiary/aromatic N) is 3. The number of ether oxygens (including phenoxy) is 1. The number of amides is 2. The van der Waals surface area contributed by atoms with Crippen LogP contribution in [-0.4, -0.2) is 33.6 Å². The Labute approximate surface area is 171 Å². The lowest BCUT2D eigenvalue weighted by Crippen LogP contribution is -2.35. The van der Waals surface area contributed by atoms with Gasteiger partial charge < -0.3 is 19.5 Å². The summed E-state index contributed by atoms with van der Waals surface area (Å²) in [6.45, 7) is 0.169. The molecule has 1 N–H and O–H groups in total. The minimum Gasteiger partial charge on any atom is -0.432 e. The largest absolute Gasteiger partial charge is 0.432 e. The highest BCUT2D eigenvalue weighted by Crippen LogP contribution is 2.34. The second kappa shape index (κ2) is 8.25. The van der Waals surface area contributed by atoms with Crippen LogP contribution in [0.3, 0.4) is 0 Å². The van der Waals surface area contributed by atoms with E-state index in [0.717, 1.165) is 48.4 Å². The number of hydrogen-bond donors (Lipinski definition) is 1. The van der Waals surface area contributed by atoms with Crippen molar-refractivity contribution >= 4 is 22.8 Å². The molecule has 1 aromatic heterocycles. The van der Waals surface area contributed by atoms with Gasteiger partial charge in [-0.25, -0.2) is 14.2 Å². The molecular formula is C21H21F3N4O2. The van der Waals surface area contributed by atoms with Gasteiger partial charge in [0, 0.05) is 24.8 Å². The van der Waals surface area contributed by atoms with Gasteiger partial charge in [0.2, 0.25) is 0 Å². The van der Waals surface area contributed by atoms with Gasteiger partial charge in [-0.2, -0.15) is 8.78 Å².